The number of anilines is 3. The molecule has 0 bridgehead atoms. The summed E-state index contributed by atoms with van der Waals surface area (Å²) in [6, 6.07) is 72.0. The number of rotatable bonds is 7. The third-order valence-corrected chi connectivity index (χ3v) is 13.3. The molecule has 3 aromatic heterocycles. The van der Waals surface area contributed by atoms with Crippen molar-refractivity contribution in [2.75, 3.05) is 4.90 Å². The number of aromatic nitrogens is 3. The molecule has 0 spiro atoms. The summed E-state index contributed by atoms with van der Waals surface area (Å²) in [5.41, 5.74) is 16.2. The SMILES string of the molecule is CC1(C)c2ccccc2-c2ccc(N(c3ccc(-c4cccc5c4oc4ccccc45)cc3)c3cccc(-c4nc(-c5ccccc5)nc(-c5cccc6oc7ccccc7c56)n4)c3)cc21. The Morgan fingerprint density at radius 2 is 0.939 bits per heavy atom. The minimum atomic E-state index is -0.178. The zero-order valence-corrected chi connectivity index (χ0v) is 36.2. The van der Waals surface area contributed by atoms with Gasteiger partial charge in [0, 0.05) is 66.3 Å². The fraction of sp³-hybridized carbons (Fsp3) is 0.0500. The average molecular weight is 849 g/mol. The van der Waals surface area contributed by atoms with Crippen molar-refractivity contribution < 1.29 is 8.83 Å². The average Bonchev–Trinajstić information content (AvgIpc) is 4.02. The summed E-state index contributed by atoms with van der Waals surface area (Å²) in [7, 11) is 0. The van der Waals surface area contributed by atoms with Gasteiger partial charge in [0.05, 0.1) is 0 Å². The van der Waals surface area contributed by atoms with Crippen molar-refractivity contribution >= 4 is 60.9 Å². The molecule has 312 valence electrons. The molecule has 66 heavy (non-hydrogen) atoms. The van der Waals surface area contributed by atoms with E-state index in [1.807, 2.05) is 72.8 Å². The molecule has 1 aliphatic carbocycles. The third-order valence-electron chi connectivity index (χ3n) is 13.3. The number of hydrogen-bond acceptors (Lipinski definition) is 6. The zero-order valence-electron chi connectivity index (χ0n) is 36.2. The van der Waals surface area contributed by atoms with Crippen molar-refractivity contribution in [3.8, 4) is 56.4 Å². The van der Waals surface area contributed by atoms with Gasteiger partial charge in [0.1, 0.15) is 22.3 Å². The summed E-state index contributed by atoms with van der Waals surface area (Å²) in [5.74, 6) is 1.75. The second kappa shape index (κ2) is 14.7. The molecule has 0 fully saturated rings. The van der Waals surface area contributed by atoms with Gasteiger partial charge < -0.3 is 13.7 Å². The molecule has 6 heteroatoms. The number of fused-ring (bicyclic) bond motifs is 9. The Kier molecular flexibility index (Phi) is 8.46. The Morgan fingerprint density at radius 1 is 0.364 bits per heavy atom. The summed E-state index contributed by atoms with van der Waals surface area (Å²) in [6.45, 7) is 4.66. The van der Waals surface area contributed by atoms with Crippen molar-refractivity contribution in [1.29, 1.82) is 0 Å². The lowest BCUT2D eigenvalue weighted by Crippen LogP contribution is -2.16. The normalized spacial score (nSPS) is 12.8. The highest BCUT2D eigenvalue weighted by molar-refractivity contribution is 6.12. The molecule has 12 aromatic rings. The van der Waals surface area contributed by atoms with E-state index in [2.05, 4.69) is 152 Å². The van der Waals surface area contributed by atoms with Crippen molar-refractivity contribution in [2.24, 2.45) is 0 Å². The fourth-order valence-corrected chi connectivity index (χ4v) is 10.1. The summed E-state index contributed by atoms with van der Waals surface area (Å²) < 4.78 is 12.8. The van der Waals surface area contributed by atoms with Gasteiger partial charge in [-0.3, -0.25) is 0 Å². The first-order valence-electron chi connectivity index (χ1n) is 22.3. The molecular formula is C60H40N4O2. The van der Waals surface area contributed by atoms with E-state index < -0.39 is 0 Å². The maximum absolute atomic E-state index is 6.48. The van der Waals surface area contributed by atoms with Gasteiger partial charge in [-0.1, -0.05) is 166 Å². The monoisotopic (exact) mass is 848 g/mol. The Morgan fingerprint density at radius 3 is 1.79 bits per heavy atom. The highest BCUT2D eigenvalue weighted by atomic mass is 16.3. The van der Waals surface area contributed by atoms with Crippen LogP contribution in [-0.2, 0) is 5.41 Å². The van der Waals surface area contributed by atoms with E-state index in [1.165, 1.54) is 22.3 Å². The van der Waals surface area contributed by atoms with Gasteiger partial charge in [-0.05, 0) is 82.4 Å². The number of benzene rings is 9. The zero-order chi connectivity index (χ0) is 43.9. The van der Waals surface area contributed by atoms with Gasteiger partial charge in [-0.2, -0.15) is 0 Å². The maximum Gasteiger partial charge on any atom is 0.164 e. The molecule has 0 saturated carbocycles. The summed E-state index contributed by atoms with van der Waals surface area (Å²) in [4.78, 5) is 17.9. The minimum Gasteiger partial charge on any atom is -0.456 e. The highest BCUT2D eigenvalue weighted by Crippen LogP contribution is 2.51. The first-order chi connectivity index (χ1) is 32.5. The van der Waals surface area contributed by atoms with Crippen LogP contribution in [0.1, 0.15) is 25.0 Å². The van der Waals surface area contributed by atoms with E-state index in [0.29, 0.717) is 17.5 Å². The van der Waals surface area contributed by atoms with Crippen LogP contribution >= 0.6 is 0 Å². The molecule has 9 aromatic carbocycles. The van der Waals surface area contributed by atoms with Crippen LogP contribution in [0, 0.1) is 0 Å². The molecule has 0 saturated heterocycles. The van der Waals surface area contributed by atoms with Crippen molar-refractivity contribution in [3.63, 3.8) is 0 Å². The van der Waals surface area contributed by atoms with Gasteiger partial charge in [0.15, 0.2) is 17.5 Å². The topological polar surface area (TPSA) is 68.2 Å². The largest absolute Gasteiger partial charge is 0.456 e. The smallest absolute Gasteiger partial charge is 0.164 e. The van der Waals surface area contributed by atoms with Crippen LogP contribution in [0.15, 0.2) is 215 Å². The van der Waals surface area contributed by atoms with E-state index in [9.17, 15) is 0 Å². The minimum absolute atomic E-state index is 0.178. The molecule has 0 N–H and O–H groups in total. The van der Waals surface area contributed by atoms with Gasteiger partial charge >= 0.3 is 0 Å². The molecule has 3 heterocycles. The number of nitrogens with zero attached hydrogens (tertiary/aromatic N) is 4. The van der Waals surface area contributed by atoms with Crippen molar-refractivity contribution in [3.05, 3.63) is 217 Å². The fourth-order valence-electron chi connectivity index (χ4n) is 10.1. The van der Waals surface area contributed by atoms with Crippen LogP contribution in [0.3, 0.4) is 0 Å². The molecule has 0 atom stereocenters. The van der Waals surface area contributed by atoms with E-state index >= 15 is 0 Å². The van der Waals surface area contributed by atoms with Crippen LogP contribution in [-0.4, -0.2) is 15.0 Å². The van der Waals surface area contributed by atoms with Gasteiger partial charge in [0.25, 0.3) is 0 Å². The summed E-state index contributed by atoms with van der Waals surface area (Å²) in [5, 5.41) is 4.22. The van der Waals surface area contributed by atoms with Crippen LogP contribution in [0.4, 0.5) is 17.1 Å². The summed E-state index contributed by atoms with van der Waals surface area (Å²) in [6.07, 6.45) is 0. The molecule has 13 rings (SSSR count). The second-order valence-corrected chi connectivity index (χ2v) is 17.6. The predicted octanol–water partition coefficient (Wildman–Crippen LogP) is 16.1. The van der Waals surface area contributed by atoms with E-state index in [1.54, 1.807) is 0 Å². The van der Waals surface area contributed by atoms with Crippen LogP contribution in [0.25, 0.3) is 100 Å². The van der Waals surface area contributed by atoms with Gasteiger partial charge in [-0.25, -0.2) is 15.0 Å². The van der Waals surface area contributed by atoms with E-state index in [4.69, 9.17) is 23.8 Å². The Hall–Kier alpha value is -8.61. The van der Waals surface area contributed by atoms with E-state index in [-0.39, 0.29) is 5.41 Å². The van der Waals surface area contributed by atoms with Crippen molar-refractivity contribution in [1.82, 2.24) is 15.0 Å². The Labute approximate surface area is 381 Å². The third kappa shape index (κ3) is 5.99. The molecular weight excluding hydrogens is 809 g/mol. The number of hydrogen-bond donors (Lipinski definition) is 0. The Balaban J connectivity index is 0.975. The molecule has 1 aliphatic rings. The van der Waals surface area contributed by atoms with E-state index in [0.717, 1.165) is 88.8 Å². The lowest BCUT2D eigenvalue weighted by Gasteiger charge is -2.28. The molecule has 6 nitrogen and oxygen atoms in total. The quantitative estimate of drug-likeness (QED) is 0.159. The van der Waals surface area contributed by atoms with Crippen molar-refractivity contribution in [2.45, 2.75) is 19.3 Å². The number of furan rings is 2. The maximum atomic E-state index is 6.48. The van der Waals surface area contributed by atoms with Gasteiger partial charge in [0.2, 0.25) is 0 Å². The second-order valence-electron chi connectivity index (χ2n) is 17.6. The van der Waals surface area contributed by atoms with Crippen LogP contribution in [0.5, 0.6) is 0 Å². The lowest BCUT2D eigenvalue weighted by molar-refractivity contribution is 0.660. The van der Waals surface area contributed by atoms with Crippen LogP contribution < -0.4 is 4.90 Å². The van der Waals surface area contributed by atoms with Crippen LogP contribution in [0.2, 0.25) is 0 Å². The standard InChI is InChI=1S/C60H40N4O2/c1-60(2)50-25-9-6-19-44(50)45-34-33-42(36-51(45)60)64(40-31-29-37(30-32-40)43-22-13-23-47-46-20-7-10-26-52(46)66-56(43)47)41-18-12-17-39(35-41)58-61-57(38-15-4-3-5-16-38)62-59(63-58)49-24-14-28-54-55(49)48-21-8-11-27-53(48)65-54/h3-36H,1-2H3. The first kappa shape index (κ1) is 37.9. The predicted molar refractivity (Wildman–Crippen MR) is 268 cm³/mol. The molecule has 0 aliphatic heterocycles. The molecule has 0 radical (unpaired) electrons. The lowest BCUT2D eigenvalue weighted by atomic mass is 9.82. The Bertz CT molecular complexity index is 3870. The first-order valence-corrected chi connectivity index (χ1v) is 22.3. The number of para-hydroxylation sites is 3. The highest BCUT2D eigenvalue weighted by Gasteiger charge is 2.36. The molecule has 0 amide bonds. The molecule has 0 unspecified atom stereocenters. The van der Waals surface area contributed by atoms with Gasteiger partial charge in [-0.15, -0.1) is 0 Å². The summed E-state index contributed by atoms with van der Waals surface area (Å²) >= 11 is 0.